The van der Waals surface area contributed by atoms with Crippen LogP contribution >= 0.6 is 15.9 Å². The number of primary amides is 1. The fourth-order valence-corrected chi connectivity index (χ4v) is 2.01. The van der Waals surface area contributed by atoms with Crippen molar-refractivity contribution < 1.29 is 23.1 Å². The molecule has 108 valence electrons. The second-order valence-electron chi connectivity index (χ2n) is 4.29. The lowest BCUT2D eigenvalue weighted by Crippen LogP contribution is -2.44. The Balaban J connectivity index is 3.37. The third kappa shape index (κ3) is 3.11. The molecule has 1 unspecified atom stereocenters. The lowest BCUT2D eigenvalue weighted by molar-refractivity contribution is -0.137. The monoisotopic (exact) mass is 350 g/mol. The molecule has 1 aromatic carbocycles. The van der Waals surface area contributed by atoms with Crippen molar-refractivity contribution in [2.24, 2.45) is 5.73 Å². The maximum absolute atomic E-state index is 12.8. The first-order valence-corrected chi connectivity index (χ1v) is 6.21. The van der Waals surface area contributed by atoms with Gasteiger partial charge in [0, 0.05) is 0 Å². The van der Waals surface area contributed by atoms with Crippen LogP contribution < -0.4 is 5.73 Å². The number of nitrogens with zero attached hydrogens (tertiary/aromatic N) is 1. The molecule has 1 aromatic rings. The van der Waals surface area contributed by atoms with Crippen LogP contribution in [0.5, 0.6) is 0 Å². The molecule has 0 radical (unpaired) electrons. The molecular weight excluding hydrogens is 341 g/mol. The van der Waals surface area contributed by atoms with Gasteiger partial charge in [0.1, 0.15) is 0 Å². The molecule has 4 nitrogen and oxygen atoms in total. The molecular formula is C12H10BrF3N2O2. The summed E-state index contributed by atoms with van der Waals surface area (Å²) >= 11 is 2.95. The van der Waals surface area contributed by atoms with Crippen LogP contribution in [0.4, 0.5) is 13.2 Å². The molecule has 0 aromatic heterocycles. The van der Waals surface area contributed by atoms with Crippen LogP contribution in [0.1, 0.15) is 28.4 Å². The van der Waals surface area contributed by atoms with E-state index in [-0.39, 0.29) is 5.56 Å². The zero-order valence-corrected chi connectivity index (χ0v) is 11.8. The molecule has 0 saturated carbocycles. The van der Waals surface area contributed by atoms with E-state index in [4.69, 9.17) is 11.0 Å². The van der Waals surface area contributed by atoms with E-state index >= 15 is 0 Å². The van der Waals surface area contributed by atoms with E-state index in [0.29, 0.717) is 6.07 Å². The van der Waals surface area contributed by atoms with Crippen LogP contribution in [0.25, 0.3) is 0 Å². The fourth-order valence-electron chi connectivity index (χ4n) is 1.50. The predicted molar refractivity (Wildman–Crippen MR) is 67.6 cm³/mol. The predicted octanol–water partition coefficient (Wildman–Crippen LogP) is 2.25. The molecule has 0 bridgehead atoms. The van der Waals surface area contributed by atoms with Crippen molar-refractivity contribution >= 4 is 21.8 Å². The van der Waals surface area contributed by atoms with Gasteiger partial charge < -0.3 is 10.8 Å². The van der Waals surface area contributed by atoms with E-state index in [1.54, 1.807) is 0 Å². The molecule has 0 aliphatic heterocycles. The van der Waals surface area contributed by atoms with Crippen LogP contribution in [0, 0.1) is 11.3 Å². The molecule has 0 heterocycles. The van der Waals surface area contributed by atoms with Crippen LogP contribution in [-0.2, 0) is 11.0 Å². The average molecular weight is 351 g/mol. The van der Waals surface area contributed by atoms with E-state index < -0.39 is 33.6 Å². The highest BCUT2D eigenvalue weighted by Gasteiger charge is 2.39. The van der Waals surface area contributed by atoms with Crippen molar-refractivity contribution in [3.63, 3.8) is 0 Å². The minimum atomic E-state index is -4.72. The van der Waals surface area contributed by atoms with Gasteiger partial charge in [0.25, 0.3) is 5.91 Å². The molecule has 8 heteroatoms. The van der Waals surface area contributed by atoms with E-state index in [2.05, 4.69) is 15.9 Å². The zero-order chi connectivity index (χ0) is 15.7. The average Bonchev–Trinajstić information content (AvgIpc) is 2.35. The first kappa shape index (κ1) is 16.5. The lowest BCUT2D eigenvalue weighted by atomic mass is 9.93. The second-order valence-corrected chi connectivity index (χ2v) is 5.20. The Morgan fingerprint density at radius 1 is 1.50 bits per heavy atom. The van der Waals surface area contributed by atoms with E-state index in [0.717, 1.165) is 13.0 Å². The summed E-state index contributed by atoms with van der Waals surface area (Å²) in [5.41, 5.74) is 1.23. The van der Waals surface area contributed by atoms with Crippen molar-refractivity contribution in [3.8, 4) is 6.07 Å². The first-order chi connectivity index (χ1) is 9.01. The normalized spacial score (nSPS) is 16.1. The lowest BCUT2D eigenvalue weighted by Gasteiger charge is -2.26. The van der Waals surface area contributed by atoms with Gasteiger partial charge in [0.15, 0.2) is 5.60 Å². The number of halogens is 4. The minimum Gasteiger partial charge on any atom is -0.379 e. The Bertz CT molecular complexity index is 579. The number of alkyl halides is 4. The number of nitrogens with two attached hydrogens (primary N) is 1. The van der Waals surface area contributed by atoms with Gasteiger partial charge in [-0.15, -0.1) is 0 Å². The second kappa shape index (κ2) is 5.42. The van der Waals surface area contributed by atoms with Crippen molar-refractivity contribution in [3.05, 3.63) is 34.9 Å². The molecule has 2 atom stereocenters. The summed E-state index contributed by atoms with van der Waals surface area (Å²) in [7, 11) is 0. The number of amides is 1. The molecule has 3 N–H and O–H groups in total. The highest BCUT2D eigenvalue weighted by Crippen LogP contribution is 2.38. The van der Waals surface area contributed by atoms with Gasteiger partial charge in [-0.1, -0.05) is 22.0 Å². The number of nitriles is 1. The number of carbonyl (C=O) groups excluding carboxylic acids is 1. The zero-order valence-electron chi connectivity index (χ0n) is 10.2. The van der Waals surface area contributed by atoms with Gasteiger partial charge in [-0.3, -0.25) is 4.79 Å². The maximum atomic E-state index is 12.8. The third-order valence-electron chi connectivity index (χ3n) is 2.75. The summed E-state index contributed by atoms with van der Waals surface area (Å²) in [6.45, 7) is 1.08. The first-order valence-electron chi connectivity index (χ1n) is 5.29. The molecule has 0 aliphatic rings. The van der Waals surface area contributed by atoms with Gasteiger partial charge in [-0.25, -0.2) is 0 Å². The molecule has 0 aliphatic carbocycles. The van der Waals surface area contributed by atoms with Gasteiger partial charge in [0.2, 0.25) is 0 Å². The summed E-state index contributed by atoms with van der Waals surface area (Å²) in [6.07, 6.45) is -4.72. The third-order valence-corrected chi connectivity index (χ3v) is 4.17. The Hall–Kier alpha value is -1.59. The SMILES string of the molecule is C[C@@](O)(C(N)=O)C(Br)c1ccc(C#N)c(C(F)(F)F)c1. The molecule has 1 rings (SSSR count). The summed E-state index contributed by atoms with van der Waals surface area (Å²) in [5, 5.41) is 18.5. The highest BCUT2D eigenvalue weighted by molar-refractivity contribution is 9.09. The summed E-state index contributed by atoms with van der Waals surface area (Å²) < 4.78 is 38.4. The van der Waals surface area contributed by atoms with E-state index in [1.807, 2.05) is 0 Å². The molecule has 0 fully saturated rings. The van der Waals surface area contributed by atoms with Gasteiger partial charge in [-0.05, 0) is 24.6 Å². The van der Waals surface area contributed by atoms with Gasteiger partial charge in [0.05, 0.1) is 22.0 Å². The number of aliphatic hydroxyl groups is 1. The highest BCUT2D eigenvalue weighted by atomic mass is 79.9. The van der Waals surface area contributed by atoms with Crippen LogP contribution in [0.2, 0.25) is 0 Å². The van der Waals surface area contributed by atoms with Crippen molar-refractivity contribution in [1.82, 2.24) is 0 Å². The number of rotatable bonds is 3. The number of hydrogen-bond acceptors (Lipinski definition) is 3. The summed E-state index contributed by atoms with van der Waals surface area (Å²) in [6, 6.07) is 4.33. The van der Waals surface area contributed by atoms with Gasteiger partial charge in [-0.2, -0.15) is 18.4 Å². The largest absolute Gasteiger partial charge is 0.417 e. The molecule has 0 spiro atoms. The van der Waals surface area contributed by atoms with Crippen LogP contribution in [-0.4, -0.2) is 16.6 Å². The van der Waals surface area contributed by atoms with E-state index in [9.17, 15) is 23.1 Å². The quantitative estimate of drug-likeness (QED) is 0.819. The summed E-state index contributed by atoms with van der Waals surface area (Å²) in [4.78, 5) is 9.97. The smallest absolute Gasteiger partial charge is 0.379 e. The Labute approximate surface area is 121 Å². The van der Waals surface area contributed by atoms with Crippen molar-refractivity contribution in [2.45, 2.75) is 23.5 Å². The van der Waals surface area contributed by atoms with Crippen molar-refractivity contribution in [2.75, 3.05) is 0 Å². The molecule has 0 saturated heterocycles. The number of hydrogen-bond donors (Lipinski definition) is 2. The fraction of sp³-hybridized carbons (Fsp3) is 0.333. The van der Waals surface area contributed by atoms with Crippen LogP contribution in [0.3, 0.4) is 0 Å². The molecule has 20 heavy (non-hydrogen) atoms. The topological polar surface area (TPSA) is 87.1 Å². The van der Waals surface area contributed by atoms with E-state index in [1.165, 1.54) is 12.1 Å². The van der Waals surface area contributed by atoms with Crippen molar-refractivity contribution in [1.29, 1.82) is 5.26 Å². The maximum Gasteiger partial charge on any atom is 0.417 e. The number of carbonyl (C=O) groups is 1. The Morgan fingerprint density at radius 2 is 2.05 bits per heavy atom. The Kier molecular flexibility index (Phi) is 4.46. The standard InChI is InChI=1S/C12H10BrF3N2O2/c1-11(20,10(18)19)9(13)6-2-3-7(5-17)8(4-6)12(14,15)16/h2-4,9,20H,1H3,(H2,18,19)/t9?,11-/m0/s1. The Morgan fingerprint density at radius 3 is 2.45 bits per heavy atom. The minimum absolute atomic E-state index is 0.0138. The molecule has 1 amide bonds. The number of benzene rings is 1. The van der Waals surface area contributed by atoms with Gasteiger partial charge >= 0.3 is 6.18 Å². The van der Waals surface area contributed by atoms with Crippen LogP contribution in [0.15, 0.2) is 18.2 Å². The summed E-state index contributed by atoms with van der Waals surface area (Å²) in [5.74, 6) is -1.09.